The van der Waals surface area contributed by atoms with Gasteiger partial charge < -0.3 is 10.1 Å². The molecule has 0 fully saturated rings. The number of rotatable bonds is 8. The van der Waals surface area contributed by atoms with E-state index in [9.17, 15) is 22.4 Å². The summed E-state index contributed by atoms with van der Waals surface area (Å²) in [5.41, 5.74) is 0.883. The number of amides is 1. The summed E-state index contributed by atoms with van der Waals surface area (Å²) in [6.45, 7) is 5.14. The summed E-state index contributed by atoms with van der Waals surface area (Å²) in [4.78, 5) is 24.2. The molecule has 0 aliphatic heterocycles. The van der Waals surface area contributed by atoms with Crippen molar-refractivity contribution < 1.29 is 27.1 Å². The standard InChI is InChI=1S/C20H23FN2O5S/c1-4-23(5-2)29(26,27)18-12-15(7-6-14(18)3)20(25)28-13-19(24)22-17-10-8-16(21)9-11-17/h6-12H,4-5,13H2,1-3H3,(H,22,24). The highest BCUT2D eigenvalue weighted by molar-refractivity contribution is 7.89. The van der Waals surface area contributed by atoms with Crippen LogP contribution >= 0.6 is 0 Å². The summed E-state index contributed by atoms with van der Waals surface area (Å²) in [6, 6.07) is 9.34. The van der Waals surface area contributed by atoms with Gasteiger partial charge in [0.05, 0.1) is 10.5 Å². The first kappa shape index (κ1) is 22.5. The predicted octanol–water partition coefficient (Wildman–Crippen LogP) is 2.96. The molecule has 2 aromatic rings. The van der Waals surface area contributed by atoms with Crippen LogP contribution < -0.4 is 5.32 Å². The smallest absolute Gasteiger partial charge is 0.338 e. The highest BCUT2D eigenvalue weighted by Crippen LogP contribution is 2.22. The minimum Gasteiger partial charge on any atom is -0.452 e. The van der Waals surface area contributed by atoms with Gasteiger partial charge in [0.15, 0.2) is 6.61 Å². The SMILES string of the molecule is CCN(CC)S(=O)(=O)c1cc(C(=O)OCC(=O)Nc2ccc(F)cc2)ccc1C. The van der Waals surface area contributed by atoms with Gasteiger partial charge in [-0.2, -0.15) is 4.31 Å². The molecule has 0 heterocycles. The molecule has 0 bridgehead atoms. The lowest BCUT2D eigenvalue weighted by Crippen LogP contribution is -2.31. The molecule has 2 rings (SSSR count). The minimum atomic E-state index is -3.75. The van der Waals surface area contributed by atoms with Gasteiger partial charge in [-0.05, 0) is 48.9 Å². The third-order valence-corrected chi connectivity index (χ3v) is 6.40. The van der Waals surface area contributed by atoms with Crippen molar-refractivity contribution in [2.24, 2.45) is 0 Å². The summed E-state index contributed by atoms with van der Waals surface area (Å²) >= 11 is 0. The zero-order valence-electron chi connectivity index (χ0n) is 16.4. The first-order chi connectivity index (χ1) is 13.7. The Hall–Kier alpha value is -2.78. The predicted molar refractivity (Wildman–Crippen MR) is 107 cm³/mol. The highest BCUT2D eigenvalue weighted by Gasteiger charge is 2.25. The maximum atomic E-state index is 12.9. The Labute approximate surface area is 169 Å². The number of nitrogens with zero attached hydrogens (tertiary/aromatic N) is 1. The van der Waals surface area contributed by atoms with Crippen LogP contribution in [0.15, 0.2) is 47.4 Å². The van der Waals surface area contributed by atoms with Gasteiger partial charge in [0, 0.05) is 18.8 Å². The van der Waals surface area contributed by atoms with Crippen LogP contribution in [0, 0.1) is 12.7 Å². The average molecular weight is 422 g/mol. The van der Waals surface area contributed by atoms with Crippen LogP contribution in [0.2, 0.25) is 0 Å². The quantitative estimate of drug-likeness (QED) is 0.661. The van der Waals surface area contributed by atoms with Crippen molar-refractivity contribution in [3.8, 4) is 0 Å². The van der Waals surface area contributed by atoms with E-state index < -0.39 is 34.3 Å². The van der Waals surface area contributed by atoms with Crippen molar-refractivity contribution in [2.75, 3.05) is 25.0 Å². The second kappa shape index (κ2) is 9.62. The van der Waals surface area contributed by atoms with E-state index in [2.05, 4.69) is 5.32 Å². The van der Waals surface area contributed by atoms with Crippen molar-refractivity contribution in [1.29, 1.82) is 0 Å². The maximum Gasteiger partial charge on any atom is 0.338 e. The molecule has 1 N–H and O–H groups in total. The molecule has 0 atom stereocenters. The number of carbonyl (C=O) groups is 2. The fourth-order valence-corrected chi connectivity index (χ4v) is 4.36. The number of esters is 1. The van der Waals surface area contributed by atoms with Gasteiger partial charge >= 0.3 is 5.97 Å². The number of hydrogen-bond donors (Lipinski definition) is 1. The second-order valence-electron chi connectivity index (χ2n) is 6.20. The third kappa shape index (κ3) is 5.61. The van der Waals surface area contributed by atoms with Gasteiger partial charge in [-0.15, -0.1) is 0 Å². The van der Waals surface area contributed by atoms with Crippen LogP contribution in [0.25, 0.3) is 0 Å². The summed E-state index contributed by atoms with van der Waals surface area (Å²) in [6.07, 6.45) is 0. The number of ether oxygens (including phenoxy) is 1. The number of nitrogens with one attached hydrogen (secondary N) is 1. The van der Waals surface area contributed by atoms with E-state index in [1.54, 1.807) is 20.8 Å². The van der Waals surface area contributed by atoms with Crippen molar-refractivity contribution in [1.82, 2.24) is 4.31 Å². The largest absolute Gasteiger partial charge is 0.452 e. The van der Waals surface area contributed by atoms with E-state index in [0.717, 1.165) is 0 Å². The summed E-state index contributed by atoms with van der Waals surface area (Å²) in [5, 5.41) is 2.47. The first-order valence-corrected chi connectivity index (χ1v) is 10.5. The molecule has 0 saturated heterocycles. The summed E-state index contributed by atoms with van der Waals surface area (Å²) in [7, 11) is -3.75. The molecule has 0 spiro atoms. The van der Waals surface area contributed by atoms with Gasteiger partial charge in [-0.25, -0.2) is 17.6 Å². The lowest BCUT2D eigenvalue weighted by atomic mass is 10.1. The fourth-order valence-electron chi connectivity index (χ4n) is 2.65. The van der Waals surface area contributed by atoms with Crippen LogP contribution in [0.3, 0.4) is 0 Å². The fraction of sp³-hybridized carbons (Fsp3) is 0.300. The highest BCUT2D eigenvalue weighted by atomic mass is 32.2. The normalized spacial score (nSPS) is 11.3. The number of halogens is 1. The molecule has 9 heteroatoms. The second-order valence-corrected chi connectivity index (χ2v) is 8.11. The Morgan fingerprint density at radius 1 is 1.07 bits per heavy atom. The van der Waals surface area contributed by atoms with Crippen molar-refractivity contribution >= 4 is 27.6 Å². The van der Waals surface area contributed by atoms with Crippen molar-refractivity contribution in [3.05, 3.63) is 59.4 Å². The molecule has 2 aromatic carbocycles. The van der Waals surface area contributed by atoms with Crippen LogP contribution in [-0.4, -0.2) is 44.3 Å². The molecule has 0 aliphatic carbocycles. The Morgan fingerprint density at radius 2 is 1.69 bits per heavy atom. The molecule has 0 saturated carbocycles. The zero-order valence-corrected chi connectivity index (χ0v) is 17.3. The zero-order chi connectivity index (χ0) is 21.6. The minimum absolute atomic E-state index is 0.0198. The van der Waals surface area contributed by atoms with Gasteiger partial charge in [0.1, 0.15) is 5.82 Å². The number of anilines is 1. The molecular weight excluding hydrogens is 399 g/mol. The van der Waals surface area contributed by atoms with E-state index in [1.807, 2.05) is 0 Å². The van der Waals surface area contributed by atoms with Crippen LogP contribution in [-0.2, 0) is 19.6 Å². The molecule has 0 aromatic heterocycles. The van der Waals surface area contributed by atoms with Crippen LogP contribution in [0.5, 0.6) is 0 Å². The maximum absolute atomic E-state index is 12.9. The Morgan fingerprint density at radius 3 is 2.28 bits per heavy atom. The van der Waals surface area contributed by atoms with Gasteiger partial charge in [0.2, 0.25) is 10.0 Å². The number of carbonyl (C=O) groups excluding carboxylic acids is 2. The van der Waals surface area contributed by atoms with E-state index in [4.69, 9.17) is 4.74 Å². The topological polar surface area (TPSA) is 92.8 Å². The molecule has 7 nitrogen and oxygen atoms in total. The van der Waals surface area contributed by atoms with E-state index in [-0.39, 0.29) is 10.5 Å². The van der Waals surface area contributed by atoms with Gasteiger partial charge in [0.25, 0.3) is 5.91 Å². The lowest BCUT2D eigenvalue weighted by Gasteiger charge is -2.20. The Bertz CT molecular complexity index is 986. The Kier molecular flexibility index (Phi) is 7.46. The van der Waals surface area contributed by atoms with Crippen molar-refractivity contribution in [2.45, 2.75) is 25.7 Å². The van der Waals surface area contributed by atoms with Gasteiger partial charge in [-0.3, -0.25) is 4.79 Å². The summed E-state index contributed by atoms with van der Waals surface area (Å²) in [5.74, 6) is -1.87. The molecule has 29 heavy (non-hydrogen) atoms. The third-order valence-electron chi connectivity index (χ3n) is 4.21. The van der Waals surface area contributed by atoms with Crippen LogP contribution in [0.1, 0.15) is 29.8 Å². The molecule has 156 valence electrons. The number of hydrogen-bond acceptors (Lipinski definition) is 5. The Balaban J connectivity index is 2.09. The van der Waals surface area contributed by atoms with Crippen molar-refractivity contribution in [3.63, 3.8) is 0 Å². The monoisotopic (exact) mass is 422 g/mol. The van der Waals surface area contributed by atoms with E-state index in [0.29, 0.717) is 24.3 Å². The van der Waals surface area contributed by atoms with Gasteiger partial charge in [-0.1, -0.05) is 19.9 Å². The van der Waals surface area contributed by atoms with E-state index >= 15 is 0 Å². The molecular formula is C20H23FN2O5S. The molecule has 0 radical (unpaired) electrons. The average Bonchev–Trinajstić information content (AvgIpc) is 2.69. The lowest BCUT2D eigenvalue weighted by molar-refractivity contribution is -0.119. The number of benzene rings is 2. The molecule has 0 unspecified atom stereocenters. The van der Waals surface area contributed by atoms with Crippen LogP contribution in [0.4, 0.5) is 10.1 Å². The molecule has 1 amide bonds. The number of aryl methyl sites for hydroxylation is 1. The molecule has 0 aliphatic rings. The first-order valence-electron chi connectivity index (χ1n) is 9.02. The summed E-state index contributed by atoms with van der Waals surface area (Å²) < 4.78 is 44.7. The van der Waals surface area contributed by atoms with E-state index in [1.165, 1.54) is 46.8 Å². The number of sulfonamides is 1.